The van der Waals surface area contributed by atoms with Crippen molar-refractivity contribution in [2.24, 2.45) is 0 Å². The molecule has 0 bridgehead atoms. The molecule has 0 saturated heterocycles. The SMILES string of the molecule is O=C1CCCc2c(C3CCCC3)cc(=O)[nH]c21. The predicted molar refractivity (Wildman–Crippen MR) is 65.5 cm³/mol. The fraction of sp³-hybridized carbons (Fsp3) is 0.571. The van der Waals surface area contributed by atoms with Crippen LogP contribution >= 0.6 is 0 Å². The molecule has 0 amide bonds. The molecular weight excluding hydrogens is 214 g/mol. The van der Waals surface area contributed by atoms with Crippen LogP contribution in [0.5, 0.6) is 0 Å². The average Bonchev–Trinajstić information content (AvgIpc) is 2.83. The zero-order valence-electron chi connectivity index (χ0n) is 9.92. The molecule has 0 radical (unpaired) electrons. The van der Waals surface area contributed by atoms with Gasteiger partial charge in [0.2, 0.25) is 5.56 Å². The number of carbonyl (C=O) groups excluding carboxylic acids is 1. The highest BCUT2D eigenvalue weighted by Crippen LogP contribution is 2.37. The van der Waals surface area contributed by atoms with Crippen LogP contribution < -0.4 is 5.56 Å². The van der Waals surface area contributed by atoms with E-state index in [4.69, 9.17) is 0 Å². The number of nitrogens with one attached hydrogen (secondary N) is 1. The number of ketones is 1. The second-order valence-electron chi connectivity index (χ2n) is 5.20. The van der Waals surface area contributed by atoms with Gasteiger partial charge in [0.25, 0.3) is 0 Å². The van der Waals surface area contributed by atoms with E-state index in [0.717, 1.165) is 24.0 Å². The van der Waals surface area contributed by atoms with E-state index in [9.17, 15) is 9.59 Å². The van der Waals surface area contributed by atoms with Crippen molar-refractivity contribution < 1.29 is 4.79 Å². The van der Waals surface area contributed by atoms with Crippen LogP contribution in [0.4, 0.5) is 0 Å². The second-order valence-corrected chi connectivity index (χ2v) is 5.20. The van der Waals surface area contributed by atoms with Gasteiger partial charge in [-0.2, -0.15) is 0 Å². The molecule has 2 aliphatic rings. The van der Waals surface area contributed by atoms with Gasteiger partial charge in [-0.3, -0.25) is 9.59 Å². The molecule has 0 atom stereocenters. The molecule has 0 unspecified atom stereocenters. The van der Waals surface area contributed by atoms with E-state index in [0.29, 0.717) is 18.0 Å². The molecule has 3 heteroatoms. The van der Waals surface area contributed by atoms with Gasteiger partial charge in [-0.05, 0) is 42.7 Å². The summed E-state index contributed by atoms with van der Waals surface area (Å²) < 4.78 is 0. The standard InChI is InChI=1S/C14H17NO2/c16-12-7-3-6-10-11(9-4-1-2-5-9)8-13(17)15-14(10)12/h8-9H,1-7H2,(H,15,17). The van der Waals surface area contributed by atoms with Gasteiger partial charge in [0.1, 0.15) is 0 Å². The molecule has 1 aromatic heterocycles. The summed E-state index contributed by atoms with van der Waals surface area (Å²) in [4.78, 5) is 26.2. The van der Waals surface area contributed by atoms with Crippen molar-refractivity contribution >= 4 is 5.78 Å². The van der Waals surface area contributed by atoms with E-state index in [2.05, 4.69) is 4.98 Å². The Kier molecular flexibility index (Phi) is 2.61. The van der Waals surface area contributed by atoms with Gasteiger partial charge in [-0.15, -0.1) is 0 Å². The zero-order chi connectivity index (χ0) is 11.8. The van der Waals surface area contributed by atoms with Crippen molar-refractivity contribution in [3.63, 3.8) is 0 Å². The molecule has 2 aliphatic carbocycles. The van der Waals surface area contributed by atoms with Crippen LogP contribution in [0.2, 0.25) is 0 Å². The number of hydrogen-bond acceptors (Lipinski definition) is 2. The Hall–Kier alpha value is -1.38. The van der Waals surface area contributed by atoms with Crippen LogP contribution in [0.3, 0.4) is 0 Å². The van der Waals surface area contributed by atoms with Crippen LogP contribution in [0.1, 0.15) is 66.1 Å². The minimum absolute atomic E-state index is 0.110. The third-order valence-corrected chi connectivity index (χ3v) is 4.09. The Bertz CT molecular complexity index is 509. The summed E-state index contributed by atoms with van der Waals surface area (Å²) in [6.45, 7) is 0. The van der Waals surface area contributed by atoms with E-state index in [1.54, 1.807) is 6.07 Å². The van der Waals surface area contributed by atoms with E-state index in [1.165, 1.54) is 25.7 Å². The van der Waals surface area contributed by atoms with Gasteiger partial charge in [0.15, 0.2) is 5.78 Å². The first-order valence-electron chi connectivity index (χ1n) is 6.55. The first-order valence-corrected chi connectivity index (χ1v) is 6.55. The topological polar surface area (TPSA) is 49.9 Å². The van der Waals surface area contributed by atoms with Gasteiger partial charge in [0, 0.05) is 12.5 Å². The third kappa shape index (κ3) is 1.84. The number of hydrogen-bond donors (Lipinski definition) is 1. The third-order valence-electron chi connectivity index (χ3n) is 4.09. The van der Waals surface area contributed by atoms with Crippen molar-refractivity contribution in [1.29, 1.82) is 0 Å². The second kappa shape index (κ2) is 4.13. The lowest BCUT2D eigenvalue weighted by Crippen LogP contribution is -2.22. The Morgan fingerprint density at radius 2 is 1.82 bits per heavy atom. The molecule has 1 saturated carbocycles. The normalized spacial score (nSPS) is 20.6. The minimum Gasteiger partial charge on any atom is -0.319 e. The number of carbonyl (C=O) groups is 1. The van der Waals surface area contributed by atoms with Gasteiger partial charge in [0.05, 0.1) is 5.69 Å². The number of rotatable bonds is 1. The molecule has 0 spiro atoms. The summed E-state index contributed by atoms with van der Waals surface area (Å²) in [7, 11) is 0. The molecule has 1 heterocycles. The fourth-order valence-corrected chi connectivity index (χ4v) is 3.27. The van der Waals surface area contributed by atoms with Gasteiger partial charge in [-0.25, -0.2) is 0 Å². The highest BCUT2D eigenvalue weighted by Gasteiger charge is 2.26. The molecule has 1 fully saturated rings. The Morgan fingerprint density at radius 1 is 1.06 bits per heavy atom. The lowest BCUT2D eigenvalue weighted by molar-refractivity contribution is 0.0966. The van der Waals surface area contributed by atoms with E-state index >= 15 is 0 Å². The van der Waals surface area contributed by atoms with Crippen LogP contribution in [-0.4, -0.2) is 10.8 Å². The number of H-pyrrole nitrogens is 1. The molecule has 3 rings (SSSR count). The van der Waals surface area contributed by atoms with Crippen molar-refractivity contribution in [3.05, 3.63) is 33.2 Å². The quantitative estimate of drug-likeness (QED) is 0.807. The van der Waals surface area contributed by atoms with Crippen LogP contribution in [0, 0.1) is 0 Å². The van der Waals surface area contributed by atoms with Crippen LogP contribution in [-0.2, 0) is 6.42 Å². The molecule has 0 aromatic carbocycles. The monoisotopic (exact) mass is 231 g/mol. The molecule has 3 nitrogen and oxygen atoms in total. The summed E-state index contributed by atoms with van der Waals surface area (Å²) in [6.07, 6.45) is 7.30. The van der Waals surface area contributed by atoms with E-state index < -0.39 is 0 Å². The summed E-state index contributed by atoms with van der Waals surface area (Å²) >= 11 is 0. The van der Waals surface area contributed by atoms with Crippen LogP contribution in [0.15, 0.2) is 10.9 Å². The number of pyridine rings is 1. The van der Waals surface area contributed by atoms with Gasteiger partial charge in [-0.1, -0.05) is 12.8 Å². The molecule has 17 heavy (non-hydrogen) atoms. The summed E-state index contributed by atoms with van der Waals surface area (Å²) in [6, 6.07) is 1.73. The van der Waals surface area contributed by atoms with Gasteiger partial charge < -0.3 is 4.98 Å². The maximum absolute atomic E-state index is 11.8. The predicted octanol–water partition coefficient (Wildman–Crippen LogP) is 2.55. The minimum atomic E-state index is -0.110. The molecule has 1 aromatic rings. The first kappa shape index (κ1) is 10.8. The Morgan fingerprint density at radius 3 is 2.59 bits per heavy atom. The summed E-state index contributed by atoms with van der Waals surface area (Å²) in [5.41, 5.74) is 2.79. The molecule has 1 N–H and O–H groups in total. The molecule has 0 aliphatic heterocycles. The number of fused-ring (bicyclic) bond motifs is 1. The summed E-state index contributed by atoms with van der Waals surface area (Å²) in [5, 5.41) is 0. The highest BCUT2D eigenvalue weighted by atomic mass is 16.1. The van der Waals surface area contributed by atoms with Crippen molar-refractivity contribution in [3.8, 4) is 0 Å². The smallest absolute Gasteiger partial charge is 0.248 e. The van der Waals surface area contributed by atoms with Crippen molar-refractivity contribution in [1.82, 2.24) is 4.98 Å². The number of aromatic nitrogens is 1. The van der Waals surface area contributed by atoms with E-state index in [-0.39, 0.29) is 11.3 Å². The number of Topliss-reactive ketones (excluding diaryl/α,β-unsaturated/α-hetero) is 1. The molecule has 90 valence electrons. The zero-order valence-corrected chi connectivity index (χ0v) is 9.92. The maximum atomic E-state index is 11.8. The summed E-state index contributed by atoms with van der Waals surface area (Å²) in [5.74, 6) is 0.625. The fourth-order valence-electron chi connectivity index (χ4n) is 3.27. The Balaban J connectivity index is 2.14. The molecular formula is C14H17NO2. The maximum Gasteiger partial charge on any atom is 0.248 e. The van der Waals surface area contributed by atoms with E-state index in [1.807, 2.05) is 0 Å². The largest absolute Gasteiger partial charge is 0.319 e. The average molecular weight is 231 g/mol. The van der Waals surface area contributed by atoms with Crippen molar-refractivity contribution in [2.45, 2.75) is 50.9 Å². The highest BCUT2D eigenvalue weighted by molar-refractivity contribution is 5.96. The number of aromatic amines is 1. The lowest BCUT2D eigenvalue weighted by Gasteiger charge is -2.21. The Labute approximate surface area is 100 Å². The van der Waals surface area contributed by atoms with Crippen LogP contribution in [0.25, 0.3) is 0 Å². The van der Waals surface area contributed by atoms with Gasteiger partial charge >= 0.3 is 0 Å². The van der Waals surface area contributed by atoms with Crippen molar-refractivity contribution in [2.75, 3.05) is 0 Å². The lowest BCUT2D eigenvalue weighted by atomic mass is 9.85. The first-order chi connectivity index (χ1) is 8.25.